The highest BCUT2D eigenvalue weighted by molar-refractivity contribution is 9.10. The minimum Gasteiger partial charge on any atom is -0.484 e. The molecule has 0 saturated heterocycles. The summed E-state index contributed by atoms with van der Waals surface area (Å²) < 4.78 is 6.66. The van der Waals surface area contributed by atoms with Crippen molar-refractivity contribution < 1.29 is 14.3 Å². The van der Waals surface area contributed by atoms with Crippen molar-refractivity contribution in [1.82, 2.24) is 10.2 Å². The molecule has 0 spiro atoms. The summed E-state index contributed by atoms with van der Waals surface area (Å²) >= 11 is 15.9. The third kappa shape index (κ3) is 8.27. The average molecular weight is 578 g/mol. The van der Waals surface area contributed by atoms with Gasteiger partial charge in [0.25, 0.3) is 5.91 Å². The van der Waals surface area contributed by atoms with Crippen LogP contribution >= 0.6 is 39.1 Å². The number of hydrogen-bond acceptors (Lipinski definition) is 3. The standard InChI is InChI=1S/C27H27BrCl2N2O3/c1-18(2)31-27(34)25(14-19-6-4-3-5-7-19)32(16-20-8-11-22(29)15-24(20)30)26(33)17-35-23-12-9-21(28)10-13-23/h3-13,15,18,25H,14,16-17H2,1-2H3,(H,31,34)/t25-/m1/s1. The first-order chi connectivity index (χ1) is 16.7. The van der Waals surface area contributed by atoms with Gasteiger partial charge >= 0.3 is 0 Å². The quantitative estimate of drug-likeness (QED) is 0.308. The van der Waals surface area contributed by atoms with Gasteiger partial charge in [-0.2, -0.15) is 0 Å². The molecule has 0 saturated carbocycles. The first-order valence-electron chi connectivity index (χ1n) is 11.2. The Morgan fingerprint density at radius 1 is 1.00 bits per heavy atom. The molecule has 35 heavy (non-hydrogen) atoms. The lowest BCUT2D eigenvalue weighted by Crippen LogP contribution is -2.52. The van der Waals surface area contributed by atoms with E-state index in [9.17, 15) is 9.59 Å². The smallest absolute Gasteiger partial charge is 0.261 e. The molecular weight excluding hydrogens is 551 g/mol. The first-order valence-corrected chi connectivity index (χ1v) is 12.7. The summed E-state index contributed by atoms with van der Waals surface area (Å²) in [7, 11) is 0. The number of amides is 2. The van der Waals surface area contributed by atoms with Crippen LogP contribution in [0, 0.1) is 0 Å². The van der Waals surface area contributed by atoms with Crippen molar-refractivity contribution in [3.05, 3.63) is 98.4 Å². The molecule has 0 unspecified atom stereocenters. The van der Waals surface area contributed by atoms with Crippen molar-refractivity contribution in [1.29, 1.82) is 0 Å². The molecule has 0 aliphatic carbocycles. The predicted octanol–water partition coefficient (Wildman–Crippen LogP) is 6.30. The highest BCUT2D eigenvalue weighted by Gasteiger charge is 2.31. The zero-order valence-electron chi connectivity index (χ0n) is 19.5. The van der Waals surface area contributed by atoms with Gasteiger partial charge in [-0.1, -0.05) is 75.5 Å². The summed E-state index contributed by atoms with van der Waals surface area (Å²) in [6.45, 7) is 3.67. The fourth-order valence-corrected chi connectivity index (χ4v) is 4.26. The molecule has 0 bridgehead atoms. The SMILES string of the molecule is CC(C)NC(=O)[C@@H](Cc1ccccc1)N(Cc1ccc(Cl)cc1Cl)C(=O)COc1ccc(Br)cc1. The maximum absolute atomic E-state index is 13.5. The van der Waals surface area contributed by atoms with Gasteiger partial charge in [0.05, 0.1) is 0 Å². The van der Waals surface area contributed by atoms with E-state index in [1.54, 1.807) is 30.3 Å². The maximum atomic E-state index is 13.5. The number of halogens is 3. The van der Waals surface area contributed by atoms with E-state index in [0.717, 1.165) is 10.0 Å². The van der Waals surface area contributed by atoms with E-state index >= 15 is 0 Å². The molecular formula is C27H27BrCl2N2O3. The van der Waals surface area contributed by atoms with Crippen LogP contribution in [0.15, 0.2) is 77.3 Å². The number of nitrogens with zero attached hydrogens (tertiary/aromatic N) is 1. The summed E-state index contributed by atoms with van der Waals surface area (Å²) in [5.74, 6) is -0.0260. The Labute approximate surface area is 224 Å². The van der Waals surface area contributed by atoms with Crippen LogP contribution in [0.5, 0.6) is 5.75 Å². The van der Waals surface area contributed by atoms with Gasteiger partial charge < -0.3 is 15.0 Å². The minimum absolute atomic E-state index is 0.0872. The normalized spacial score (nSPS) is 11.7. The Bertz CT molecular complexity index is 1140. The fourth-order valence-electron chi connectivity index (χ4n) is 3.53. The van der Waals surface area contributed by atoms with E-state index in [0.29, 0.717) is 27.8 Å². The molecule has 0 aliphatic rings. The molecule has 5 nitrogen and oxygen atoms in total. The lowest BCUT2D eigenvalue weighted by atomic mass is 10.0. The van der Waals surface area contributed by atoms with Gasteiger partial charge in [-0.25, -0.2) is 0 Å². The van der Waals surface area contributed by atoms with E-state index in [1.165, 1.54) is 4.90 Å². The Kier molecular flexibility index (Phi) is 10.0. The molecule has 3 aromatic carbocycles. The van der Waals surface area contributed by atoms with Crippen LogP contribution in [0.2, 0.25) is 10.0 Å². The van der Waals surface area contributed by atoms with Gasteiger partial charge in [0.2, 0.25) is 5.91 Å². The molecule has 3 aromatic rings. The summed E-state index contributed by atoms with van der Waals surface area (Å²) in [5.41, 5.74) is 1.62. The van der Waals surface area contributed by atoms with Crippen LogP contribution in [0.4, 0.5) is 0 Å². The number of hydrogen-bond donors (Lipinski definition) is 1. The second-order valence-electron chi connectivity index (χ2n) is 8.37. The highest BCUT2D eigenvalue weighted by Crippen LogP contribution is 2.24. The van der Waals surface area contributed by atoms with Crippen molar-refractivity contribution in [2.75, 3.05) is 6.61 Å². The highest BCUT2D eigenvalue weighted by atomic mass is 79.9. The first kappa shape index (κ1) is 27.1. The number of carbonyl (C=O) groups is 2. The van der Waals surface area contributed by atoms with E-state index < -0.39 is 6.04 Å². The fraction of sp³-hybridized carbons (Fsp3) is 0.259. The third-order valence-corrected chi connectivity index (χ3v) is 6.35. The molecule has 8 heteroatoms. The van der Waals surface area contributed by atoms with Crippen molar-refractivity contribution in [3.8, 4) is 5.75 Å². The molecule has 3 rings (SSSR count). The Morgan fingerprint density at radius 2 is 1.69 bits per heavy atom. The van der Waals surface area contributed by atoms with Crippen molar-refractivity contribution >= 4 is 50.9 Å². The van der Waals surface area contributed by atoms with Gasteiger partial charge in [0.1, 0.15) is 11.8 Å². The van der Waals surface area contributed by atoms with E-state index in [1.807, 2.05) is 56.3 Å². The second kappa shape index (κ2) is 13.0. The predicted molar refractivity (Wildman–Crippen MR) is 144 cm³/mol. The molecule has 0 heterocycles. The van der Waals surface area contributed by atoms with Gasteiger partial charge in [-0.05, 0) is 61.4 Å². The van der Waals surface area contributed by atoms with Crippen LogP contribution in [-0.2, 0) is 22.6 Å². The van der Waals surface area contributed by atoms with Crippen LogP contribution in [0.1, 0.15) is 25.0 Å². The molecule has 2 amide bonds. The molecule has 184 valence electrons. The summed E-state index contributed by atoms with van der Waals surface area (Å²) in [5, 5.41) is 3.87. The molecule has 1 N–H and O–H groups in total. The van der Waals surface area contributed by atoms with Gasteiger partial charge in [0.15, 0.2) is 6.61 Å². The van der Waals surface area contributed by atoms with Crippen LogP contribution < -0.4 is 10.1 Å². The number of rotatable bonds is 10. The maximum Gasteiger partial charge on any atom is 0.261 e. The van der Waals surface area contributed by atoms with Gasteiger partial charge in [-0.15, -0.1) is 0 Å². The van der Waals surface area contributed by atoms with E-state index in [-0.39, 0.29) is 31.0 Å². The number of carbonyl (C=O) groups excluding carboxylic acids is 2. The lowest BCUT2D eigenvalue weighted by Gasteiger charge is -2.32. The van der Waals surface area contributed by atoms with Crippen molar-refractivity contribution in [2.24, 2.45) is 0 Å². The van der Waals surface area contributed by atoms with Crippen molar-refractivity contribution in [2.45, 2.75) is 38.9 Å². The molecule has 0 aliphatic heterocycles. The zero-order valence-corrected chi connectivity index (χ0v) is 22.6. The molecule has 0 aromatic heterocycles. The largest absolute Gasteiger partial charge is 0.484 e. The summed E-state index contributed by atoms with van der Waals surface area (Å²) in [6, 6.07) is 21.0. The summed E-state index contributed by atoms with van der Waals surface area (Å²) in [4.78, 5) is 28.4. The number of benzene rings is 3. The van der Waals surface area contributed by atoms with E-state index in [4.69, 9.17) is 27.9 Å². The summed E-state index contributed by atoms with van der Waals surface area (Å²) in [6.07, 6.45) is 0.342. The topological polar surface area (TPSA) is 58.6 Å². The van der Waals surface area contributed by atoms with Crippen LogP contribution in [-0.4, -0.2) is 35.4 Å². The number of nitrogens with one attached hydrogen (secondary N) is 1. The molecule has 1 atom stereocenters. The molecule has 0 fully saturated rings. The average Bonchev–Trinajstić information content (AvgIpc) is 2.82. The Morgan fingerprint density at radius 3 is 2.31 bits per heavy atom. The molecule has 0 radical (unpaired) electrons. The van der Waals surface area contributed by atoms with Gasteiger partial charge in [0, 0.05) is 33.5 Å². The Hall–Kier alpha value is -2.54. The monoisotopic (exact) mass is 576 g/mol. The van der Waals surface area contributed by atoms with Crippen LogP contribution in [0.25, 0.3) is 0 Å². The van der Waals surface area contributed by atoms with Crippen LogP contribution in [0.3, 0.4) is 0 Å². The Balaban J connectivity index is 1.93. The van der Waals surface area contributed by atoms with E-state index in [2.05, 4.69) is 21.2 Å². The number of ether oxygens (including phenoxy) is 1. The lowest BCUT2D eigenvalue weighted by molar-refractivity contribution is -0.143. The van der Waals surface area contributed by atoms with Crippen molar-refractivity contribution in [3.63, 3.8) is 0 Å². The minimum atomic E-state index is -0.771. The second-order valence-corrected chi connectivity index (χ2v) is 10.1. The van der Waals surface area contributed by atoms with Gasteiger partial charge in [-0.3, -0.25) is 9.59 Å². The third-order valence-electron chi connectivity index (χ3n) is 5.23. The zero-order chi connectivity index (χ0) is 25.4.